The van der Waals surface area contributed by atoms with Gasteiger partial charge in [0.25, 0.3) is 0 Å². The van der Waals surface area contributed by atoms with E-state index < -0.39 is 9.84 Å². The van der Waals surface area contributed by atoms with Gasteiger partial charge in [-0.25, -0.2) is 8.42 Å². The highest BCUT2D eigenvalue weighted by molar-refractivity contribution is 7.90. The summed E-state index contributed by atoms with van der Waals surface area (Å²) in [6, 6.07) is 9.38. The van der Waals surface area contributed by atoms with Crippen molar-refractivity contribution in [2.24, 2.45) is 0 Å². The Kier molecular flexibility index (Phi) is 5.53. The minimum absolute atomic E-state index is 0.181. The Labute approximate surface area is 98.6 Å². The molecule has 0 unspecified atom stereocenters. The molecule has 0 N–H and O–H groups in total. The van der Waals surface area contributed by atoms with E-state index in [1.54, 1.807) is 0 Å². The van der Waals surface area contributed by atoms with Crippen LogP contribution < -0.4 is 0 Å². The fourth-order valence-electron chi connectivity index (χ4n) is 1.65. The highest BCUT2D eigenvalue weighted by Gasteiger charge is 2.10. The van der Waals surface area contributed by atoms with Crippen molar-refractivity contribution < 1.29 is 8.42 Å². The van der Waals surface area contributed by atoms with Crippen LogP contribution in [0.15, 0.2) is 30.3 Å². The van der Waals surface area contributed by atoms with E-state index >= 15 is 0 Å². The number of rotatable bonds is 7. The van der Waals surface area contributed by atoms with Crippen LogP contribution in [0.25, 0.3) is 0 Å². The zero-order chi connectivity index (χ0) is 11.9. The van der Waals surface area contributed by atoms with Gasteiger partial charge in [0.15, 0.2) is 9.84 Å². The predicted molar refractivity (Wildman–Crippen MR) is 68.1 cm³/mol. The first-order valence-electron chi connectivity index (χ1n) is 5.88. The molecule has 0 aromatic heterocycles. The third-order valence-corrected chi connectivity index (χ3v) is 4.22. The molecule has 0 fully saturated rings. The molecule has 1 aromatic carbocycles. The average Bonchev–Trinajstić information content (AvgIpc) is 2.25. The molecule has 2 nitrogen and oxygen atoms in total. The first-order chi connectivity index (χ1) is 7.64. The highest BCUT2D eigenvalue weighted by Crippen LogP contribution is 2.09. The van der Waals surface area contributed by atoms with Crippen molar-refractivity contribution in [1.29, 1.82) is 0 Å². The first kappa shape index (κ1) is 13.2. The van der Waals surface area contributed by atoms with E-state index in [2.05, 4.69) is 6.92 Å². The number of benzene rings is 1. The molecule has 0 bridgehead atoms. The van der Waals surface area contributed by atoms with Crippen LogP contribution in [0, 0.1) is 0 Å². The summed E-state index contributed by atoms with van der Waals surface area (Å²) < 4.78 is 23.5. The standard InChI is InChI=1S/C13H20O2S/c1-2-3-4-8-11-16(14,15)12-13-9-6-5-7-10-13/h5-7,9-10H,2-4,8,11-12H2,1H3. The van der Waals surface area contributed by atoms with Crippen molar-refractivity contribution >= 4 is 9.84 Å². The maximum Gasteiger partial charge on any atom is 0.154 e. The van der Waals surface area contributed by atoms with Crippen LogP contribution in [0.2, 0.25) is 0 Å². The van der Waals surface area contributed by atoms with E-state index in [9.17, 15) is 8.42 Å². The smallest absolute Gasteiger partial charge is 0.154 e. The molecule has 0 radical (unpaired) electrons. The number of unbranched alkanes of at least 4 members (excludes halogenated alkanes) is 3. The lowest BCUT2D eigenvalue weighted by atomic mass is 10.2. The van der Waals surface area contributed by atoms with E-state index in [4.69, 9.17) is 0 Å². The van der Waals surface area contributed by atoms with Crippen LogP contribution in [-0.4, -0.2) is 14.2 Å². The van der Waals surface area contributed by atoms with Crippen molar-refractivity contribution in [3.63, 3.8) is 0 Å². The minimum atomic E-state index is -2.92. The lowest BCUT2D eigenvalue weighted by Gasteiger charge is -2.04. The fourth-order valence-corrected chi connectivity index (χ4v) is 3.14. The molecule has 0 amide bonds. The van der Waals surface area contributed by atoms with Gasteiger partial charge in [0.1, 0.15) is 0 Å². The Hall–Kier alpha value is -0.830. The van der Waals surface area contributed by atoms with Gasteiger partial charge in [-0.2, -0.15) is 0 Å². The molecule has 0 aliphatic rings. The summed E-state index contributed by atoms with van der Waals surface area (Å²) >= 11 is 0. The van der Waals surface area contributed by atoms with Crippen molar-refractivity contribution in [2.75, 3.05) is 5.75 Å². The molecule has 1 aromatic rings. The molecule has 1 rings (SSSR count). The fraction of sp³-hybridized carbons (Fsp3) is 0.538. The SMILES string of the molecule is CCCCCCS(=O)(=O)Cc1ccccc1. The molecule has 0 spiro atoms. The van der Waals surface area contributed by atoms with Gasteiger partial charge in [0, 0.05) is 0 Å². The van der Waals surface area contributed by atoms with E-state index in [-0.39, 0.29) is 5.75 Å². The molecule has 0 aliphatic carbocycles. The normalized spacial score (nSPS) is 11.6. The van der Waals surface area contributed by atoms with Gasteiger partial charge in [-0.1, -0.05) is 56.5 Å². The Morgan fingerprint density at radius 1 is 1.00 bits per heavy atom. The molecular weight excluding hydrogens is 220 g/mol. The quantitative estimate of drug-likeness (QED) is 0.686. The monoisotopic (exact) mass is 240 g/mol. The third-order valence-electron chi connectivity index (χ3n) is 2.54. The van der Waals surface area contributed by atoms with Gasteiger partial charge in [-0.3, -0.25) is 0 Å². The van der Waals surface area contributed by atoms with E-state index in [1.807, 2.05) is 30.3 Å². The zero-order valence-corrected chi connectivity index (χ0v) is 10.7. The summed E-state index contributed by atoms with van der Waals surface area (Å²) in [5.74, 6) is 0.502. The largest absolute Gasteiger partial charge is 0.228 e. The van der Waals surface area contributed by atoms with E-state index in [0.29, 0.717) is 5.75 Å². The molecule has 0 saturated heterocycles. The molecule has 0 saturated carbocycles. The Bertz CT molecular complexity index is 382. The summed E-state index contributed by atoms with van der Waals surface area (Å²) in [5.41, 5.74) is 0.887. The predicted octanol–water partition coefficient (Wildman–Crippen LogP) is 3.18. The number of hydrogen-bond donors (Lipinski definition) is 0. The molecule has 0 atom stereocenters. The van der Waals surface area contributed by atoms with Crippen molar-refractivity contribution in [3.05, 3.63) is 35.9 Å². The lowest BCUT2D eigenvalue weighted by molar-refractivity contribution is 0.588. The average molecular weight is 240 g/mol. The molecule has 3 heteroatoms. The van der Waals surface area contributed by atoms with Gasteiger partial charge in [-0.15, -0.1) is 0 Å². The number of sulfone groups is 1. The van der Waals surface area contributed by atoms with Crippen LogP contribution in [0.3, 0.4) is 0 Å². The Morgan fingerprint density at radius 2 is 1.69 bits per heavy atom. The number of hydrogen-bond acceptors (Lipinski definition) is 2. The van der Waals surface area contributed by atoms with E-state index in [1.165, 1.54) is 0 Å². The maximum atomic E-state index is 11.8. The molecule has 16 heavy (non-hydrogen) atoms. The summed E-state index contributed by atoms with van der Waals surface area (Å²) in [4.78, 5) is 0. The van der Waals surface area contributed by atoms with Crippen LogP contribution in [0.1, 0.15) is 38.2 Å². The zero-order valence-electron chi connectivity index (χ0n) is 9.85. The Balaban J connectivity index is 2.40. The minimum Gasteiger partial charge on any atom is -0.228 e. The second-order valence-corrected chi connectivity index (χ2v) is 6.32. The Morgan fingerprint density at radius 3 is 2.31 bits per heavy atom. The topological polar surface area (TPSA) is 34.1 Å². The molecule has 0 aliphatic heterocycles. The summed E-state index contributed by atoms with van der Waals surface area (Å²) in [6.07, 6.45) is 4.08. The van der Waals surface area contributed by atoms with Gasteiger partial charge in [-0.05, 0) is 12.0 Å². The molecule has 90 valence electrons. The van der Waals surface area contributed by atoms with Crippen LogP contribution in [-0.2, 0) is 15.6 Å². The lowest BCUT2D eigenvalue weighted by Crippen LogP contribution is -2.09. The summed E-state index contributed by atoms with van der Waals surface area (Å²) in [6.45, 7) is 2.12. The third kappa shape index (κ3) is 5.31. The van der Waals surface area contributed by atoms with Gasteiger partial charge in [0.05, 0.1) is 11.5 Å². The first-order valence-corrected chi connectivity index (χ1v) is 7.70. The van der Waals surface area contributed by atoms with Crippen molar-refractivity contribution in [3.8, 4) is 0 Å². The van der Waals surface area contributed by atoms with Gasteiger partial charge >= 0.3 is 0 Å². The summed E-state index contributed by atoms with van der Waals surface area (Å²) in [5, 5.41) is 0. The van der Waals surface area contributed by atoms with Crippen LogP contribution >= 0.6 is 0 Å². The second-order valence-electron chi connectivity index (χ2n) is 4.14. The molecule has 0 heterocycles. The van der Waals surface area contributed by atoms with Crippen LogP contribution in [0.4, 0.5) is 0 Å². The second kappa shape index (κ2) is 6.69. The summed E-state index contributed by atoms with van der Waals surface area (Å²) in [7, 11) is -2.92. The van der Waals surface area contributed by atoms with Crippen molar-refractivity contribution in [2.45, 2.75) is 38.4 Å². The van der Waals surface area contributed by atoms with E-state index in [0.717, 1.165) is 31.2 Å². The maximum absolute atomic E-state index is 11.8. The van der Waals surface area contributed by atoms with Crippen LogP contribution in [0.5, 0.6) is 0 Å². The van der Waals surface area contributed by atoms with Gasteiger partial charge in [0.2, 0.25) is 0 Å². The highest BCUT2D eigenvalue weighted by atomic mass is 32.2. The van der Waals surface area contributed by atoms with Crippen molar-refractivity contribution in [1.82, 2.24) is 0 Å². The molecular formula is C13H20O2S. The van der Waals surface area contributed by atoms with Gasteiger partial charge < -0.3 is 0 Å².